The highest BCUT2D eigenvalue weighted by Crippen LogP contribution is 2.29. The molecule has 4 aromatic rings. The molecule has 0 amide bonds. The lowest BCUT2D eigenvalue weighted by molar-refractivity contribution is -0.120. The van der Waals surface area contributed by atoms with Gasteiger partial charge in [0.25, 0.3) is 0 Å². The molecule has 1 saturated heterocycles. The molecule has 0 unspecified atom stereocenters. The number of aromatic nitrogens is 2. The Morgan fingerprint density at radius 1 is 0.972 bits per heavy atom. The Kier molecular flexibility index (Phi) is 6.24. The lowest BCUT2D eigenvalue weighted by atomic mass is 10.0. The highest BCUT2D eigenvalue weighted by molar-refractivity contribution is 5.93. The fraction of sp³-hybridized carbons (Fsp3) is 0.241. The molecule has 0 radical (unpaired) electrons. The Balaban J connectivity index is 1.28. The summed E-state index contributed by atoms with van der Waals surface area (Å²) in [6.45, 7) is 4.20. The number of carbonyl (C=O) groups excluding carboxylic acids is 1. The van der Waals surface area contributed by atoms with E-state index in [9.17, 15) is 4.79 Å². The summed E-state index contributed by atoms with van der Waals surface area (Å²) >= 11 is 0. The predicted molar refractivity (Wildman–Crippen MR) is 142 cm³/mol. The van der Waals surface area contributed by atoms with Gasteiger partial charge in [0, 0.05) is 42.4 Å². The molecule has 2 aliphatic rings. The third kappa shape index (κ3) is 4.89. The molecule has 7 nitrogen and oxygen atoms in total. The summed E-state index contributed by atoms with van der Waals surface area (Å²) in [6, 6.07) is 22.2. The SMILES string of the molecule is O=C(Cc1cccc(-c2nc(Nc3ccc4c(c3)C=NC4)c3ccccc3n2)c1)CN1CCOCC1. The van der Waals surface area contributed by atoms with E-state index in [1.54, 1.807) is 0 Å². The van der Waals surface area contributed by atoms with Gasteiger partial charge in [0.15, 0.2) is 11.6 Å². The van der Waals surface area contributed by atoms with Gasteiger partial charge in [0.1, 0.15) is 5.82 Å². The maximum Gasteiger partial charge on any atom is 0.162 e. The molecular formula is C29H27N5O2. The van der Waals surface area contributed by atoms with Crippen LogP contribution in [0.4, 0.5) is 11.5 Å². The highest BCUT2D eigenvalue weighted by Gasteiger charge is 2.16. The van der Waals surface area contributed by atoms with Gasteiger partial charge in [-0.3, -0.25) is 14.7 Å². The maximum atomic E-state index is 12.7. The zero-order valence-corrected chi connectivity index (χ0v) is 20.0. The molecular weight excluding hydrogens is 450 g/mol. The highest BCUT2D eigenvalue weighted by atomic mass is 16.5. The summed E-state index contributed by atoms with van der Waals surface area (Å²) in [5.41, 5.74) is 6.04. The fourth-order valence-electron chi connectivity index (χ4n) is 4.73. The number of anilines is 2. The minimum atomic E-state index is 0.205. The van der Waals surface area contributed by atoms with Crippen LogP contribution in [0.25, 0.3) is 22.3 Å². The second-order valence-electron chi connectivity index (χ2n) is 9.23. The quantitative estimate of drug-likeness (QED) is 0.425. The number of carbonyl (C=O) groups is 1. The zero-order valence-electron chi connectivity index (χ0n) is 20.0. The van der Waals surface area contributed by atoms with Crippen molar-refractivity contribution in [1.82, 2.24) is 14.9 Å². The molecule has 1 aromatic heterocycles. The van der Waals surface area contributed by atoms with E-state index >= 15 is 0 Å². The van der Waals surface area contributed by atoms with Gasteiger partial charge in [-0.1, -0.05) is 36.4 Å². The number of para-hydroxylation sites is 1. The predicted octanol–water partition coefficient (Wildman–Crippen LogP) is 4.42. The Morgan fingerprint density at radius 3 is 2.78 bits per heavy atom. The first-order valence-electron chi connectivity index (χ1n) is 12.3. The van der Waals surface area contributed by atoms with Crippen LogP contribution in [0, 0.1) is 0 Å². The van der Waals surface area contributed by atoms with E-state index < -0.39 is 0 Å². The van der Waals surface area contributed by atoms with Gasteiger partial charge >= 0.3 is 0 Å². The van der Waals surface area contributed by atoms with Crippen LogP contribution >= 0.6 is 0 Å². The average molecular weight is 478 g/mol. The molecule has 3 aromatic carbocycles. The summed E-state index contributed by atoms with van der Waals surface area (Å²) in [5, 5.41) is 4.45. The van der Waals surface area contributed by atoms with E-state index in [0.29, 0.717) is 32.0 Å². The molecule has 0 atom stereocenters. The molecule has 36 heavy (non-hydrogen) atoms. The number of Topliss-reactive ketones (excluding diaryl/α,β-unsaturated/α-hetero) is 1. The lowest BCUT2D eigenvalue weighted by Gasteiger charge is -2.25. The van der Waals surface area contributed by atoms with E-state index in [1.807, 2.05) is 54.7 Å². The van der Waals surface area contributed by atoms with Crippen LogP contribution in [0.2, 0.25) is 0 Å². The number of fused-ring (bicyclic) bond motifs is 2. The van der Waals surface area contributed by atoms with Crippen molar-refractivity contribution in [3.8, 4) is 11.4 Å². The third-order valence-electron chi connectivity index (χ3n) is 6.59. The average Bonchev–Trinajstić information content (AvgIpc) is 3.37. The number of benzene rings is 3. The van der Waals surface area contributed by atoms with E-state index in [0.717, 1.165) is 58.7 Å². The number of nitrogens with zero attached hydrogens (tertiary/aromatic N) is 4. The zero-order chi connectivity index (χ0) is 24.3. The van der Waals surface area contributed by atoms with Gasteiger partial charge in [-0.05, 0) is 47.0 Å². The van der Waals surface area contributed by atoms with E-state index in [2.05, 4.69) is 33.4 Å². The first kappa shape index (κ1) is 22.5. The second-order valence-corrected chi connectivity index (χ2v) is 9.23. The van der Waals surface area contributed by atoms with Crippen molar-refractivity contribution in [2.75, 3.05) is 38.2 Å². The molecule has 0 aliphatic carbocycles. The first-order chi connectivity index (χ1) is 17.7. The number of aliphatic imine (C=N–C) groups is 1. The summed E-state index contributed by atoms with van der Waals surface area (Å²) in [6.07, 6.45) is 2.30. The largest absolute Gasteiger partial charge is 0.379 e. The number of hydrogen-bond acceptors (Lipinski definition) is 7. The van der Waals surface area contributed by atoms with Crippen molar-refractivity contribution in [3.05, 3.63) is 83.4 Å². The van der Waals surface area contributed by atoms with Crippen LogP contribution in [0.1, 0.15) is 16.7 Å². The topological polar surface area (TPSA) is 79.7 Å². The molecule has 3 heterocycles. The van der Waals surface area contributed by atoms with Crippen LogP contribution < -0.4 is 5.32 Å². The van der Waals surface area contributed by atoms with E-state index in [-0.39, 0.29) is 5.78 Å². The molecule has 2 aliphatic heterocycles. The number of ketones is 1. The van der Waals surface area contributed by atoms with Gasteiger partial charge < -0.3 is 10.1 Å². The fourth-order valence-corrected chi connectivity index (χ4v) is 4.73. The Bertz CT molecular complexity index is 1460. The molecule has 7 heteroatoms. The van der Waals surface area contributed by atoms with Crippen LogP contribution in [0.3, 0.4) is 0 Å². The van der Waals surface area contributed by atoms with Crippen molar-refractivity contribution in [3.63, 3.8) is 0 Å². The standard InChI is InChI=1S/C29H27N5O2/c35-25(19-34-10-12-36-13-11-34)15-20-4-3-5-21(14-20)28-32-27-7-2-1-6-26(27)29(33-28)31-24-9-8-22-17-30-18-23(22)16-24/h1-9,14,16,18H,10-13,15,17,19H2,(H,31,32,33). The monoisotopic (exact) mass is 477 g/mol. The number of nitrogens with one attached hydrogen (secondary N) is 1. The van der Waals surface area contributed by atoms with Crippen molar-refractivity contribution in [1.29, 1.82) is 0 Å². The van der Waals surface area contributed by atoms with Gasteiger partial charge in [0.2, 0.25) is 0 Å². The van der Waals surface area contributed by atoms with Crippen LogP contribution in [-0.4, -0.2) is 59.7 Å². The van der Waals surface area contributed by atoms with Gasteiger partial charge in [0.05, 0.1) is 31.8 Å². The van der Waals surface area contributed by atoms with Crippen LogP contribution in [0.5, 0.6) is 0 Å². The third-order valence-corrected chi connectivity index (χ3v) is 6.59. The van der Waals surface area contributed by atoms with Crippen LogP contribution in [-0.2, 0) is 22.5 Å². The van der Waals surface area contributed by atoms with Crippen molar-refractivity contribution in [2.24, 2.45) is 4.99 Å². The van der Waals surface area contributed by atoms with E-state index in [1.165, 1.54) is 5.56 Å². The van der Waals surface area contributed by atoms with Crippen LogP contribution in [0.15, 0.2) is 71.7 Å². The number of ether oxygens (including phenoxy) is 1. The normalized spacial score (nSPS) is 15.2. The molecule has 6 rings (SSSR count). The molecule has 0 bridgehead atoms. The maximum absolute atomic E-state index is 12.7. The molecule has 180 valence electrons. The van der Waals surface area contributed by atoms with Gasteiger partial charge in [-0.15, -0.1) is 0 Å². The molecule has 0 saturated carbocycles. The molecule has 0 spiro atoms. The number of rotatable bonds is 7. The van der Waals surface area contributed by atoms with Crippen molar-refractivity contribution in [2.45, 2.75) is 13.0 Å². The molecule has 1 N–H and O–H groups in total. The minimum Gasteiger partial charge on any atom is -0.379 e. The Labute approximate surface area is 209 Å². The Morgan fingerprint density at radius 2 is 1.86 bits per heavy atom. The van der Waals surface area contributed by atoms with Gasteiger partial charge in [-0.2, -0.15) is 0 Å². The minimum absolute atomic E-state index is 0.205. The van der Waals surface area contributed by atoms with Crippen molar-refractivity contribution >= 4 is 34.4 Å². The number of hydrogen-bond donors (Lipinski definition) is 1. The summed E-state index contributed by atoms with van der Waals surface area (Å²) in [4.78, 5) is 29.0. The first-order valence-corrected chi connectivity index (χ1v) is 12.3. The Hall–Kier alpha value is -3.94. The summed E-state index contributed by atoms with van der Waals surface area (Å²) < 4.78 is 5.38. The second kappa shape index (κ2) is 9.97. The summed E-state index contributed by atoms with van der Waals surface area (Å²) in [7, 11) is 0. The van der Waals surface area contributed by atoms with Crippen molar-refractivity contribution < 1.29 is 9.53 Å². The smallest absolute Gasteiger partial charge is 0.162 e. The lowest BCUT2D eigenvalue weighted by Crippen LogP contribution is -2.39. The van der Waals surface area contributed by atoms with Gasteiger partial charge in [-0.25, -0.2) is 9.97 Å². The summed E-state index contributed by atoms with van der Waals surface area (Å²) in [5.74, 6) is 1.58. The molecule has 1 fully saturated rings. The van der Waals surface area contributed by atoms with E-state index in [4.69, 9.17) is 14.7 Å². The number of morpholine rings is 1.